The molecule has 2 saturated heterocycles. The lowest BCUT2D eigenvalue weighted by Gasteiger charge is -2.28. The number of ether oxygens (including phenoxy) is 1. The van der Waals surface area contributed by atoms with Crippen molar-refractivity contribution < 1.29 is 33.4 Å². The number of amides is 4. The minimum Gasteiger partial charge on any atom is -0.465 e. The zero-order valence-electron chi connectivity index (χ0n) is 32.4. The third kappa shape index (κ3) is 8.14. The Balaban J connectivity index is 0.947. The molecule has 4 atom stereocenters. The Labute approximate surface area is 343 Å². The van der Waals surface area contributed by atoms with Crippen molar-refractivity contribution in [1.29, 1.82) is 0 Å². The summed E-state index contributed by atoms with van der Waals surface area (Å²) in [5.41, 5.74) is 3.57. The molecule has 4 amide bonds. The molecule has 0 bridgehead atoms. The van der Waals surface area contributed by atoms with Crippen LogP contribution in [-0.4, -0.2) is 89.0 Å². The van der Waals surface area contributed by atoms with Crippen LogP contribution in [0.2, 0.25) is 0 Å². The maximum absolute atomic E-state index is 15.8. The van der Waals surface area contributed by atoms with Crippen molar-refractivity contribution in [2.45, 2.75) is 49.9 Å². The molecule has 0 unspecified atom stereocenters. The molecule has 0 radical (unpaired) electrons. The van der Waals surface area contributed by atoms with E-state index in [0.29, 0.717) is 77.0 Å². The molecule has 3 aromatic carbocycles. The second kappa shape index (κ2) is 17.2. The SMILES string of the molecule is COC(=O)N[C@@H](C(=O)N1CCC[C@H]1c1ncc(-c2ccc(-c3ncc(-c4cnc([C@@H]5CCCN5C(=O)[C@H](NC(=O)O)c5ccccc5)[nH]4)cn3)cc2F)[nH]1)c1ccccc1. The van der Waals surface area contributed by atoms with Crippen molar-refractivity contribution in [3.8, 4) is 33.9 Å². The van der Waals surface area contributed by atoms with Crippen LogP contribution in [-0.2, 0) is 14.3 Å². The van der Waals surface area contributed by atoms with Gasteiger partial charge < -0.3 is 40.2 Å². The number of hydrogen-bond acceptors (Lipinski definition) is 9. The number of nitrogens with one attached hydrogen (secondary N) is 4. The van der Waals surface area contributed by atoms with Gasteiger partial charge in [-0.15, -0.1) is 0 Å². The molecule has 60 heavy (non-hydrogen) atoms. The molecule has 5 N–H and O–H groups in total. The highest BCUT2D eigenvalue weighted by molar-refractivity contribution is 5.88. The first kappa shape index (κ1) is 39.4. The number of carbonyl (C=O) groups excluding carboxylic acids is 3. The summed E-state index contributed by atoms with van der Waals surface area (Å²) in [6, 6.07) is 19.5. The number of carboxylic acid groups (broad SMARTS) is 1. The van der Waals surface area contributed by atoms with E-state index in [1.54, 1.807) is 95.1 Å². The Hall–Kier alpha value is -7.43. The van der Waals surface area contributed by atoms with E-state index in [1.165, 1.54) is 19.4 Å². The van der Waals surface area contributed by atoms with E-state index < -0.39 is 36.1 Å². The lowest BCUT2D eigenvalue weighted by Crippen LogP contribution is -2.42. The normalized spacial score (nSPS) is 17.2. The summed E-state index contributed by atoms with van der Waals surface area (Å²) in [5, 5.41) is 14.5. The molecule has 8 rings (SSSR count). The van der Waals surface area contributed by atoms with Crippen LogP contribution in [0.3, 0.4) is 0 Å². The van der Waals surface area contributed by atoms with Gasteiger partial charge in [0.1, 0.15) is 29.5 Å². The van der Waals surface area contributed by atoms with Gasteiger partial charge in [0.15, 0.2) is 5.82 Å². The Morgan fingerprint density at radius 2 is 1.25 bits per heavy atom. The van der Waals surface area contributed by atoms with Crippen LogP contribution >= 0.6 is 0 Å². The van der Waals surface area contributed by atoms with Gasteiger partial charge in [0.2, 0.25) is 0 Å². The van der Waals surface area contributed by atoms with Crippen LogP contribution in [0.1, 0.15) is 72.6 Å². The van der Waals surface area contributed by atoms with Crippen molar-refractivity contribution in [1.82, 2.24) is 50.3 Å². The molecule has 3 aromatic heterocycles. The average molecular weight is 813 g/mol. The molecular formula is C43H41FN10O6. The summed E-state index contributed by atoms with van der Waals surface area (Å²) in [4.78, 5) is 79.3. The summed E-state index contributed by atoms with van der Waals surface area (Å²) in [5.74, 6) is 0.165. The van der Waals surface area contributed by atoms with Crippen LogP contribution in [0.5, 0.6) is 0 Å². The van der Waals surface area contributed by atoms with Crippen molar-refractivity contribution in [2.24, 2.45) is 0 Å². The molecule has 16 nitrogen and oxygen atoms in total. The maximum atomic E-state index is 15.8. The highest BCUT2D eigenvalue weighted by Gasteiger charge is 2.38. The molecule has 0 aliphatic carbocycles. The first-order valence-electron chi connectivity index (χ1n) is 19.5. The van der Waals surface area contributed by atoms with Gasteiger partial charge in [-0.2, -0.15) is 0 Å². The van der Waals surface area contributed by atoms with Crippen LogP contribution in [0.25, 0.3) is 33.9 Å². The Morgan fingerprint density at radius 3 is 1.78 bits per heavy atom. The summed E-state index contributed by atoms with van der Waals surface area (Å²) < 4.78 is 20.5. The fourth-order valence-electron chi connectivity index (χ4n) is 7.91. The Morgan fingerprint density at radius 1 is 0.717 bits per heavy atom. The molecule has 306 valence electrons. The monoisotopic (exact) mass is 812 g/mol. The van der Waals surface area contributed by atoms with Crippen LogP contribution in [0.15, 0.2) is 104 Å². The fraction of sp³-hybridized carbons (Fsp3) is 0.256. The van der Waals surface area contributed by atoms with Crippen molar-refractivity contribution in [3.05, 3.63) is 132 Å². The molecular weight excluding hydrogens is 772 g/mol. The van der Waals surface area contributed by atoms with E-state index >= 15 is 4.39 Å². The molecule has 6 aromatic rings. The van der Waals surface area contributed by atoms with E-state index in [0.717, 1.165) is 12.8 Å². The van der Waals surface area contributed by atoms with Gasteiger partial charge in [-0.3, -0.25) is 9.59 Å². The summed E-state index contributed by atoms with van der Waals surface area (Å²) in [6.45, 7) is 0.908. The molecule has 0 saturated carbocycles. The van der Waals surface area contributed by atoms with Gasteiger partial charge in [-0.25, -0.2) is 33.9 Å². The topological polar surface area (TPSA) is 211 Å². The lowest BCUT2D eigenvalue weighted by atomic mass is 10.0. The Bertz CT molecular complexity index is 2500. The molecule has 5 heterocycles. The van der Waals surface area contributed by atoms with E-state index in [1.807, 2.05) is 6.07 Å². The standard InChI is InChI=1S/C43H41FN10O6/c1-60-43(59)52-36(26-12-6-3-7-13-26)41(56)54-19-9-15-34(54)39-48-24-32(50-39)29-17-16-27(20-30(29)44)37-45-21-28(22-46-37)31-23-47-38(49-31)33-14-8-18-53(33)40(55)35(51-42(57)58)25-10-4-2-5-11-25/h2-7,10-13,16-17,20-24,33-36,51H,8-9,14-15,18-19H2,1H3,(H,47,49)(H,48,50)(H,52,59)(H,57,58)/t33-,34-,35+,36+/m0/s1. The number of benzene rings is 3. The predicted molar refractivity (Wildman–Crippen MR) is 215 cm³/mol. The maximum Gasteiger partial charge on any atom is 0.407 e. The number of halogens is 1. The van der Waals surface area contributed by atoms with Crippen LogP contribution in [0.4, 0.5) is 14.0 Å². The zero-order chi connectivity index (χ0) is 41.8. The fourth-order valence-corrected chi connectivity index (χ4v) is 7.91. The number of likely N-dealkylation sites (tertiary alicyclic amines) is 2. The predicted octanol–water partition coefficient (Wildman–Crippen LogP) is 6.50. The number of aromatic nitrogens is 6. The number of nitrogens with zero attached hydrogens (tertiary/aromatic N) is 6. The number of aromatic amines is 2. The van der Waals surface area contributed by atoms with Gasteiger partial charge in [-0.1, -0.05) is 66.7 Å². The number of alkyl carbamates (subject to hydrolysis) is 1. The number of rotatable bonds is 11. The molecule has 2 fully saturated rings. The summed E-state index contributed by atoms with van der Waals surface area (Å²) >= 11 is 0. The second-order valence-electron chi connectivity index (χ2n) is 14.5. The minimum atomic E-state index is -1.30. The first-order valence-corrected chi connectivity index (χ1v) is 19.5. The molecule has 2 aliphatic heterocycles. The minimum absolute atomic E-state index is 0.276. The molecule has 17 heteroatoms. The van der Waals surface area contributed by atoms with Gasteiger partial charge >= 0.3 is 12.2 Å². The number of hydrogen-bond donors (Lipinski definition) is 5. The van der Waals surface area contributed by atoms with Crippen molar-refractivity contribution >= 4 is 24.0 Å². The smallest absolute Gasteiger partial charge is 0.407 e. The number of carbonyl (C=O) groups is 4. The molecule has 2 aliphatic rings. The molecule has 0 spiro atoms. The third-order valence-electron chi connectivity index (χ3n) is 10.8. The van der Waals surface area contributed by atoms with Gasteiger partial charge in [0, 0.05) is 42.2 Å². The van der Waals surface area contributed by atoms with E-state index in [-0.39, 0.29) is 23.4 Å². The van der Waals surface area contributed by atoms with Gasteiger partial charge in [0.05, 0.1) is 43.0 Å². The Kier molecular flexibility index (Phi) is 11.3. The van der Waals surface area contributed by atoms with Crippen LogP contribution < -0.4 is 10.6 Å². The van der Waals surface area contributed by atoms with Gasteiger partial charge in [-0.05, 0) is 48.9 Å². The van der Waals surface area contributed by atoms with E-state index in [4.69, 9.17) is 4.74 Å². The number of methoxy groups -OCH3 is 1. The van der Waals surface area contributed by atoms with Crippen LogP contribution in [0, 0.1) is 5.82 Å². The highest BCUT2D eigenvalue weighted by atomic mass is 19.1. The first-order chi connectivity index (χ1) is 29.2. The highest BCUT2D eigenvalue weighted by Crippen LogP contribution is 2.36. The lowest BCUT2D eigenvalue weighted by molar-refractivity contribution is -0.135. The van der Waals surface area contributed by atoms with E-state index in [9.17, 15) is 24.3 Å². The summed E-state index contributed by atoms with van der Waals surface area (Å²) in [7, 11) is 1.24. The number of imidazole rings is 2. The largest absolute Gasteiger partial charge is 0.465 e. The summed E-state index contributed by atoms with van der Waals surface area (Å²) in [6.07, 6.45) is 7.08. The number of H-pyrrole nitrogens is 2. The zero-order valence-corrected chi connectivity index (χ0v) is 32.4. The van der Waals surface area contributed by atoms with Gasteiger partial charge in [0.25, 0.3) is 11.8 Å². The van der Waals surface area contributed by atoms with Crippen molar-refractivity contribution in [2.75, 3.05) is 20.2 Å². The van der Waals surface area contributed by atoms with Crippen molar-refractivity contribution in [3.63, 3.8) is 0 Å². The third-order valence-corrected chi connectivity index (χ3v) is 10.8. The van der Waals surface area contributed by atoms with E-state index in [2.05, 4.69) is 40.5 Å². The average Bonchev–Trinajstić information content (AvgIpc) is 4.12. The second-order valence-corrected chi connectivity index (χ2v) is 14.5. The quantitative estimate of drug-likeness (QED) is 0.0959.